The van der Waals surface area contributed by atoms with Gasteiger partial charge in [0, 0.05) is 31.1 Å². The van der Waals surface area contributed by atoms with E-state index in [1.54, 1.807) is 10.7 Å². The summed E-state index contributed by atoms with van der Waals surface area (Å²) in [6, 6.07) is 2.18. The number of aryl methyl sites for hydroxylation is 2. The molecule has 1 atom stereocenters. The van der Waals surface area contributed by atoms with Gasteiger partial charge in [-0.05, 0) is 63.5 Å². The number of carbonyl (C=O) groups excluding carboxylic acids is 1. The molecule has 28 heavy (non-hydrogen) atoms. The number of amides is 1. The molecule has 154 valence electrons. The Balaban J connectivity index is 1.33. The smallest absolute Gasteiger partial charge is 0.267 e. The standard InChI is InChI=1S/C22H34N4O2/c27-21-15-18-9-3-4-11-20(18)24-26(21)14-13-25-12-6-5-10-19(25)16-23-22(28)17-7-1-2-8-17/h15,17,19H,1-14,16H2,(H,23,28). The average Bonchev–Trinajstić information content (AvgIpc) is 3.26. The number of likely N-dealkylation sites (tertiary alicyclic amines) is 1. The summed E-state index contributed by atoms with van der Waals surface area (Å²) in [6.45, 7) is 3.25. The number of hydrogen-bond acceptors (Lipinski definition) is 4. The van der Waals surface area contributed by atoms with E-state index in [1.807, 2.05) is 0 Å². The van der Waals surface area contributed by atoms with Crippen molar-refractivity contribution in [2.75, 3.05) is 19.6 Å². The van der Waals surface area contributed by atoms with Gasteiger partial charge in [-0.15, -0.1) is 0 Å². The van der Waals surface area contributed by atoms with E-state index in [0.29, 0.717) is 12.6 Å². The summed E-state index contributed by atoms with van der Waals surface area (Å²) in [5.41, 5.74) is 2.30. The molecule has 3 aliphatic rings. The molecule has 6 heteroatoms. The second-order valence-electron chi connectivity index (χ2n) is 8.80. The number of fused-ring (bicyclic) bond motifs is 1. The summed E-state index contributed by atoms with van der Waals surface area (Å²) in [4.78, 5) is 27.3. The molecule has 0 radical (unpaired) electrons. The van der Waals surface area contributed by atoms with E-state index in [2.05, 4.69) is 15.3 Å². The van der Waals surface area contributed by atoms with E-state index in [1.165, 1.54) is 38.5 Å². The first-order valence-electron chi connectivity index (χ1n) is 11.3. The molecule has 0 spiro atoms. The first kappa shape index (κ1) is 19.6. The van der Waals surface area contributed by atoms with Crippen molar-refractivity contribution in [3.8, 4) is 0 Å². The van der Waals surface area contributed by atoms with Crippen molar-refractivity contribution in [2.24, 2.45) is 5.92 Å². The lowest BCUT2D eigenvalue weighted by Crippen LogP contribution is -2.48. The number of carbonyl (C=O) groups is 1. The monoisotopic (exact) mass is 386 g/mol. The Hall–Kier alpha value is -1.69. The SMILES string of the molecule is O=C(NCC1CCCCN1CCn1nc2c(cc1=O)CCCC2)C1CCCC1. The van der Waals surface area contributed by atoms with Crippen molar-refractivity contribution in [2.45, 2.75) is 83.2 Å². The lowest BCUT2D eigenvalue weighted by molar-refractivity contribution is -0.125. The Morgan fingerprint density at radius 2 is 1.82 bits per heavy atom. The van der Waals surface area contributed by atoms with Crippen molar-refractivity contribution in [3.05, 3.63) is 27.7 Å². The van der Waals surface area contributed by atoms with Crippen LogP contribution in [-0.2, 0) is 24.2 Å². The van der Waals surface area contributed by atoms with Crippen LogP contribution in [0, 0.1) is 5.92 Å². The minimum atomic E-state index is 0.0312. The first-order valence-corrected chi connectivity index (χ1v) is 11.3. The largest absolute Gasteiger partial charge is 0.354 e. The van der Waals surface area contributed by atoms with Crippen LogP contribution in [0.5, 0.6) is 0 Å². The Bertz CT molecular complexity index is 739. The van der Waals surface area contributed by atoms with Gasteiger partial charge in [0.15, 0.2) is 0 Å². The highest BCUT2D eigenvalue weighted by molar-refractivity contribution is 5.78. The van der Waals surface area contributed by atoms with Crippen molar-refractivity contribution in [3.63, 3.8) is 0 Å². The van der Waals surface area contributed by atoms with Gasteiger partial charge in [-0.1, -0.05) is 19.3 Å². The molecule has 2 heterocycles. The minimum absolute atomic E-state index is 0.0312. The number of rotatable bonds is 6. The van der Waals surface area contributed by atoms with Crippen LogP contribution < -0.4 is 10.9 Å². The van der Waals surface area contributed by atoms with Gasteiger partial charge in [-0.25, -0.2) is 4.68 Å². The first-order chi connectivity index (χ1) is 13.7. The third-order valence-corrected chi connectivity index (χ3v) is 6.86. The van der Waals surface area contributed by atoms with Gasteiger partial charge in [0.05, 0.1) is 12.2 Å². The van der Waals surface area contributed by atoms with Crippen LogP contribution in [-0.4, -0.2) is 46.3 Å². The Morgan fingerprint density at radius 1 is 1.04 bits per heavy atom. The molecular formula is C22H34N4O2. The van der Waals surface area contributed by atoms with Gasteiger partial charge >= 0.3 is 0 Å². The quantitative estimate of drug-likeness (QED) is 0.815. The zero-order valence-electron chi connectivity index (χ0n) is 17.0. The third-order valence-electron chi connectivity index (χ3n) is 6.86. The predicted octanol–water partition coefficient (Wildman–Crippen LogP) is 2.28. The van der Waals surface area contributed by atoms with Gasteiger partial charge in [-0.2, -0.15) is 5.10 Å². The molecule has 1 aromatic rings. The van der Waals surface area contributed by atoms with Crippen LogP contribution in [0.4, 0.5) is 0 Å². The zero-order chi connectivity index (χ0) is 19.3. The molecule has 6 nitrogen and oxygen atoms in total. The number of nitrogens with one attached hydrogen (secondary N) is 1. The molecule has 1 N–H and O–H groups in total. The van der Waals surface area contributed by atoms with Gasteiger partial charge in [0.2, 0.25) is 5.91 Å². The maximum atomic E-state index is 12.4. The average molecular weight is 387 g/mol. The highest BCUT2D eigenvalue weighted by atomic mass is 16.2. The second kappa shape index (κ2) is 9.21. The summed E-state index contributed by atoms with van der Waals surface area (Å²) in [5.74, 6) is 0.478. The molecule has 2 fully saturated rings. The predicted molar refractivity (Wildman–Crippen MR) is 109 cm³/mol. The number of hydrogen-bond donors (Lipinski definition) is 1. The maximum Gasteiger partial charge on any atom is 0.267 e. The highest BCUT2D eigenvalue weighted by Gasteiger charge is 2.26. The highest BCUT2D eigenvalue weighted by Crippen LogP contribution is 2.25. The normalized spacial score (nSPS) is 23.5. The number of piperidine rings is 1. The van der Waals surface area contributed by atoms with E-state index in [0.717, 1.165) is 63.0 Å². The van der Waals surface area contributed by atoms with E-state index < -0.39 is 0 Å². The van der Waals surface area contributed by atoms with E-state index in [9.17, 15) is 9.59 Å². The van der Waals surface area contributed by atoms with E-state index in [-0.39, 0.29) is 17.4 Å². The van der Waals surface area contributed by atoms with Gasteiger partial charge in [0.1, 0.15) is 0 Å². The van der Waals surface area contributed by atoms with Crippen molar-refractivity contribution < 1.29 is 4.79 Å². The third kappa shape index (κ3) is 4.65. The summed E-state index contributed by atoms with van der Waals surface area (Å²) >= 11 is 0. The van der Waals surface area contributed by atoms with Gasteiger partial charge in [0.25, 0.3) is 5.56 Å². The maximum absolute atomic E-state index is 12.4. The molecule has 1 saturated carbocycles. The van der Waals surface area contributed by atoms with Crippen LogP contribution in [0.15, 0.2) is 10.9 Å². The van der Waals surface area contributed by atoms with E-state index >= 15 is 0 Å². The van der Waals surface area contributed by atoms with Crippen LogP contribution in [0.1, 0.15) is 69.0 Å². The Kier molecular flexibility index (Phi) is 6.45. The van der Waals surface area contributed by atoms with Crippen LogP contribution in [0.25, 0.3) is 0 Å². The molecule has 0 aromatic carbocycles. The van der Waals surface area contributed by atoms with Crippen molar-refractivity contribution in [1.29, 1.82) is 0 Å². The van der Waals surface area contributed by atoms with Crippen LogP contribution >= 0.6 is 0 Å². The lowest BCUT2D eigenvalue weighted by Gasteiger charge is -2.36. The molecule has 1 aliphatic heterocycles. The Morgan fingerprint density at radius 3 is 2.68 bits per heavy atom. The summed E-state index contributed by atoms with van der Waals surface area (Å²) in [7, 11) is 0. The molecule has 4 rings (SSSR count). The van der Waals surface area contributed by atoms with Crippen LogP contribution in [0.3, 0.4) is 0 Å². The number of aromatic nitrogens is 2. The van der Waals surface area contributed by atoms with Crippen molar-refractivity contribution in [1.82, 2.24) is 20.0 Å². The molecular weight excluding hydrogens is 352 g/mol. The van der Waals surface area contributed by atoms with Gasteiger partial charge < -0.3 is 5.32 Å². The van der Waals surface area contributed by atoms with E-state index in [4.69, 9.17) is 0 Å². The molecule has 1 saturated heterocycles. The molecule has 2 aliphatic carbocycles. The number of nitrogens with zero attached hydrogens (tertiary/aromatic N) is 3. The molecule has 1 aromatic heterocycles. The fourth-order valence-electron chi connectivity index (χ4n) is 5.12. The summed E-state index contributed by atoms with van der Waals surface area (Å²) in [5, 5.41) is 7.87. The zero-order valence-corrected chi connectivity index (χ0v) is 17.0. The summed E-state index contributed by atoms with van der Waals surface area (Å²) < 4.78 is 1.66. The fraction of sp³-hybridized carbons (Fsp3) is 0.773. The molecule has 1 unspecified atom stereocenters. The second-order valence-corrected chi connectivity index (χ2v) is 8.80. The Labute approximate surface area is 167 Å². The lowest BCUT2D eigenvalue weighted by atomic mass is 9.97. The minimum Gasteiger partial charge on any atom is -0.354 e. The van der Waals surface area contributed by atoms with Crippen LogP contribution in [0.2, 0.25) is 0 Å². The molecule has 1 amide bonds. The van der Waals surface area contributed by atoms with Gasteiger partial charge in [-0.3, -0.25) is 14.5 Å². The summed E-state index contributed by atoms with van der Waals surface area (Å²) in [6.07, 6.45) is 12.3. The van der Waals surface area contributed by atoms with Crippen molar-refractivity contribution >= 4 is 5.91 Å². The fourth-order valence-corrected chi connectivity index (χ4v) is 5.12. The molecule has 0 bridgehead atoms. The topological polar surface area (TPSA) is 67.2 Å².